The molecule has 0 aliphatic carbocycles. The predicted molar refractivity (Wildman–Crippen MR) is 105 cm³/mol. The molecule has 0 bridgehead atoms. The summed E-state index contributed by atoms with van der Waals surface area (Å²) in [6, 6.07) is 21.3. The Labute approximate surface area is 157 Å². The Balaban J connectivity index is 1.56. The lowest BCUT2D eigenvalue weighted by atomic mass is 10.2. The summed E-state index contributed by atoms with van der Waals surface area (Å²) in [6.45, 7) is 0. The number of rotatable bonds is 3. The van der Waals surface area contributed by atoms with Crippen LogP contribution < -0.4 is 0 Å². The Hall–Kier alpha value is -2.37. The van der Waals surface area contributed by atoms with Gasteiger partial charge < -0.3 is 4.42 Å². The topological polar surface area (TPSA) is 42.6 Å². The molecule has 0 N–H and O–H groups in total. The minimum absolute atomic E-state index is 0.231. The molecule has 0 radical (unpaired) electrons. The standard InChI is InChI=1S/C20H12BrNO2S/c21-15-8-6-13(7-9-15)17-11-10-16(24-17)12-18-19(23)22-20(25-18)14-4-2-1-3-5-14/h1-12H/b18-12+. The average Bonchev–Trinajstić information content (AvgIpc) is 3.24. The zero-order chi connectivity index (χ0) is 17.2. The van der Waals surface area contributed by atoms with Gasteiger partial charge in [0.2, 0.25) is 0 Å². The Morgan fingerprint density at radius 1 is 0.920 bits per heavy atom. The van der Waals surface area contributed by atoms with E-state index >= 15 is 0 Å². The summed E-state index contributed by atoms with van der Waals surface area (Å²) in [7, 11) is 0. The molecule has 1 aliphatic rings. The largest absolute Gasteiger partial charge is 0.457 e. The van der Waals surface area contributed by atoms with Gasteiger partial charge in [-0.05, 0) is 24.3 Å². The smallest absolute Gasteiger partial charge is 0.285 e. The van der Waals surface area contributed by atoms with Crippen LogP contribution in [0.15, 0.2) is 85.5 Å². The summed E-state index contributed by atoms with van der Waals surface area (Å²) in [5.41, 5.74) is 1.93. The molecular weight excluding hydrogens is 398 g/mol. The second kappa shape index (κ2) is 6.86. The first kappa shape index (κ1) is 16.1. The molecule has 0 saturated heterocycles. The third kappa shape index (κ3) is 3.52. The van der Waals surface area contributed by atoms with E-state index in [2.05, 4.69) is 20.9 Å². The van der Waals surface area contributed by atoms with Crippen LogP contribution in [0.5, 0.6) is 0 Å². The van der Waals surface area contributed by atoms with Crippen LogP contribution in [0.2, 0.25) is 0 Å². The van der Waals surface area contributed by atoms with Crippen LogP contribution in [-0.2, 0) is 4.79 Å². The number of hydrogen-bond donors (Lipinski definition) is 0. The van der Waals surface area contributed by atoms with Crippen molar-refractivity contribution < 1.29 is 9.21 Å². The van der Waals surface area contributed by atoms with E-state index in [0.29, 0.717) is 10.7 Å². The second-order valence-electron chi connectivity index (χ2n) is 5.41. The first-order chi connectivity index (χ1) is 12.2. The molecule has 5 heteroatoms. The SMILES string of the molecule is O=C1N=C(c2ccccc2)S/C1=C/c1ccc(-c2ccc(Br)cc2)o1. The van der Waals surface area contributed by atoms with Crippen molar-refractivity contribution in [1.29, 1.82) is 0 Å². The molecule has 0 saturated carbocycles. The number of hydrogen-bond acceptors (Lipinski definition) is 3. The maximum Gasteiger partial charge on any atom is 0.285 e. The van der Waals surface area contributed by atoms with Gasteiger partial charge in [0.05, 0.1) is 4.91 Å². The van der Waals surface area contributed by atoms with Gasteiger partial charge in [-0.15, -0.1) is 0 Å². The predicted octanol–water partition coefficient (Wildman–Crippen LogP) is 5.77. The summed E-state index contributed by atoms with van der Waals surface area (Å²) in [4.78, 5) is 16.9. The summed E-state index contributed by atoms with van der Waals surface area (Å²) in [5, 5.41) is 0.719. The maximum absolute atomic E-state index is 12.2. The summed E-state index contributed by atoms with van der Waals surface area (Å²) in [5.74, 6) is 1.17. The van der Waals surface area contributed by atoms with E-state index in [-0.39, 0.29) is 5.91 Å². The Kier molecular flexibility index (Phi) is 4.42. The van der Waals surface area contributed by atoms with Gasteiger partial charge in [-0.25, -0.2) is 4.99 Å². The highest BCUT2D eigenvalue weighted by Crippen LogP contribution is 2.33. The third-order valence-corrected chi connectivity index (χ3v) is 5.23. The number of carbonyl (C=O) groups excluding carboxylic acids is 1. The number of thioether (sulfide) groups is 1. The van der Waals surface area contributed by atoms with Crippen molar-refractivity contribution in [2.75, 3.05) is 0 Å². The fourth-order valence-corrected chi connectivity index (χ4v) is 3.61. The van der Waals surface area contributed by atoms with E-state index in [1.807, 2.05) is 66.7 Å². The molecule has 1 aliphatic heterocycles. The molecule has 1 amide bonds. The third-order valence-electron chi connectivity index (χ3n) is 3.67. The van der Waals surface area contributed by atoms with Gasteiger partial charge in [0.15, 0.2) is 0 Å². The van der Waals surface area contributed by atoms with E-state index in [1.165, 1.54) is 11.8 Å². The van der Waals surface area contributed by atoms with Gasteiger partial charge in [0.1, 0.15) is 16.6 Å². The lowest BCUT2D eigenvalue weighted by Crippen LogP contribution is -1.89. The van der Waals surface area contributed by atoms with E-state index in [0.717, 1.165) is 26.4 Å². The average molecular weight is 410 g/mol. The fraction of sp³-hybridized carbons (Fsp3) is 0. The van der Waals surface area contributed by atoms with Crippen LogP contribution in [-0.4, -0.2) is 11.0 Å². The molecule has 0 atom stereocenters. The normalized spacial score (nSPS) is 15.6. The first-order valence-electron chi connectivity index (χ1n) is 7.63. The molecule has 0 spiro atoms. The highest BCUT2D eigenvalue weighted by atomic mass is 79.9. The first-order valence-corrected chi connectivity index (χ1v) is 9.24. The zero-order valence-corrected chi connectivity index (χ0v) is 15.4. The van der Waals surface area contributed by atoms with Crippen molar-refractivity contribution in [1.82, 2.24) is 0 Å². The van der Waals surface area contributed by atoms with E-state index < -0.39 is 0 Å². The van der Waals surface area contributed by atoms with Gasteiger partial charge in [-0.3, -0.25) is 4.79 Å². The van der Waals surface area contributed by atoms with Crippen LogP contribution in [0.1, 0.15) is 11.3 Å². The molecule has 3 nitrogen and oxygen atoms in total. The Morgan fingerprint density at radius 2 is 1.68 bits per heavy atom. The van der Waals surface area contributed by atoms with Crippen LogP contribution in [0.25, 0.3) is 17.4 Å². The van der Waals surface area contributed by atoms with Crippen molar-refractivity contribution >= 4 is 44.7 Å². The van der Waals surface area contributed by atoms with E-state index in [1.54, 1.807) is 6.08 Å². The number of nitrogens with zero attached hydrogens (tertiary/aromatic N) is 1. The Morgan fingerprint density at radius 3 is 2.44 bits per heavy atom. The number of carbonyl (C=O) groups is 1. The minimum atomic E-state index is -0.231. The molecule has 1 aromatic heterocycles. The number of furan rings is 1. The van der Waals surface area contributed by atoms with E-state index in [4.69, 9.17) is 4.42 Å². The fourth-order valence-electron chi connectivity index (χ4n) is 2.44. The van der Waals surface area contributed by atoms with Gasteiger partial charge in [0.25, 0.3) is 5.91 Å². The Bertz CT molecular complexity index is 988. The van der Waals surface area contributed by atoms with Crippen molar-refractivity contribution in [3.63, 3.8) is 0 Å². The lowest BCUT2D eigenvalue weighted by Gasteiger charge is -1.98. The molecule has 2 aromatic carbocycles. The van der Waals surface area contributed by atoms with Gasteiger partial charge in [-0.2, -0.15) is 0 Å². The zero-order valence-electron chi connectivity index (χ0n) is 13.0. The quantitative estimate of drug-likeness (QED) is 0.515. The van der Waals surface area contributed by atoms with Crippen LogP contribution in [0, 0.1) is 0 Å². The van der Waals surface area contributed by atoms with E-state index in [9.17, 15) is 4.79 Å². The number of halogens is 1. The highest BCUT2D eigenvalue weighted by Gasteiger charge is 2.23. The second-order valence-corrected chi connectivity index (χ2v) is 7.35. The van der Waals surface area contributed by atoms with Gasteiger partial charge in [0, 0.05) is 21.7 Å². The molecule has 4 rings (SSSR count). The molecule has 25 heavy (non-hydrogen) atoms. The highest BCUT2D eigenvalue weighted by molar-refractivity contribution is 9.10. The number of aliphatic imine (C=N–C) groups is 1. The van der Waals surface area contributed by atoms with Crippen molar-refractivity contribution in [3.8, 4) is 11.3 Å². The van der Waals surface area contributed by atoms with Crippen LogP contribution in [0.4, 0.5) is 0 Å². The van der Waals surface area contributed by atoms with Crippen molar-refractivity contribution in [2.45, 2.75) is 0 Å². The minimum Gasteiger partial charge on any atom is -0.457 e. The summed E-state index contributed by atoms with van der Waals surface area (Å²) in [6.07, 6.45) is 1.74. The lowest BCUT2D eigenvalue weighted by molar-refractivity contribution is -0.113. The molecule has 0 unspecified atom stereocenters. The van der Waals surface area contributed by atoms with Crippen LogP contribution in [0.3, 0.4) is 0 Å². The summed E-state index contributed by atoms with van der Waals surface area (Å²) >= 11 is 4.79. The molecule has 0 fully saturated rings. The monoisotopic (exact) mass is 409 g/mol. The molecular formula is C20H12BrNO2S. The molecule has 2 heterocycles. The maximum atomic E-state index is 12.2. The molecule has 122 valence electrons. The number of benzene rings is 2. The summed E-state index contributed by atoms with van der Waals surface area (Å²) < 4.78 is 6.87. The molecule has 3 aromatic rings. The van der Waals surface area contributed by atoms with Gasteiger partial charge in [-0.1, -0.05) is 70.2 Å². The van der Waals surface area contributed by atoms with Crippen LogP contribution >= 0.6 is 27.7 Å². The van der Waals surface area contributed by atoms with Crippen molar-refractivity contribution in [2.24, 2.45) is 4.99 Å². The number of amides is 1. The van der Waals surface area contributed by atoms with Gasteiger partial charge >= 0.3 is 0 Å². The van der Waals surface area contributed by atoms with Crippen molar-refractivity contribution in [3.05, 3.63) is 87.4 Å².